The Labute approximate surface area is 124 Å². The molecule has 0 aliphatic heterocycles. The Bertz CT molecular complexity index is 474. The summed E-state index contributed by atoms with van der Waals surface area (Å²) in [6.07, 6.45) is 11.2. The summed E-state index contributed by atoms with van der Waals surface area (Å²) in [7, 11) is 0. The Kier molecular flexibility index (Phi) is 6.45. The third-order valence-electron chi connectivity index (χ3n) is 4.09. The van der Waals surface area contributed by atoms with Crippen molar-refractivity contribution in [2.75, 3.05) is 0 Å². The zero-order valence-electron chi connectivity index (χ0n) is 12.8. The van der Waals surface area contributed by atoms with E-state index in [1.54, 1.807) is 5.57 Å². The first-order chi connectivity index (χ1) is 9.90. The fraction of sp³-hybridized carbons (Fsp3) is 0.500. The molecule has 0 bridgehead atoms. The van der Waals surface area contributed by atoms with Crippen LogP contribution < -0.4 is 0 Å². The van der Waals surface area contributed by atoms with Gasteiger partial charge in [-0.25, -0.2) is 0 Å². The molecule has 1 fully saturated rings. The number of rotatable bonds is 4. The highest BCUT2D eigenvalue weighted by Gasteiger charge is 2.08. The third-order valence-corrected chi connectivity index (χ3v) is 4.09. The molecule has 0 aromatic heterocycles. The highest BCUT2D eigenvalue weighted by molar-refractivity contribution is 5.34. The predicted molar refractivity (Wildman–Crippen MR) is 87.6 cm³/mol. The molecule has 1 aromatic rings. The van der Waals surface area contributed by atoms with Crippen LogP contribution in [0, 0.1) is 11.8 Å². The first kappa shape index (κ1) is 14.9. The van der Waals surface area contributed by atoms with Crippen molar-refractivity contribution in [2.45, 2.75) is 64.7 Å². The van der Waals surface area contributed by atoms with E-state index in [0.29, 0.717) is 0 Å². The highest BCUT2D eigenvalue weighted by atomic mass is 14.1. The van der Waals surface area contributed by atoms with Crippen molar-refractivity contribution >= 4 is 0 Å². The topological polar surface area (TPSA) is 0 Å². The van der Waals surface area contributed by atoms with E-state index in [1.807, 2.05) is 0 Å². The van der Waals surface area contributed by atoms with Crippen molar-refractivity contribution in [1.29, 1.82) is 0 Å². The van der Waals surface area contributed by atoms with E-state index in [1.165, 1.54) is 49.7 Å². The average molecular weight is 266 g/mol. The van der Waals surface area contributed by atoms with Gasteiger partial charge in [-0.2, -0.15) is 0 Å². The molecule has 106 valence electrons. The van der Waals surface area contributed by atoms with Crippen LogP contribution in [0.4, 0.5) is 0 Å². The Morgan fingerprint density at radius 1 is 1.05 bits per heavy atom. The summed E-state index contributed by atoms with van der Waals surface area (Å²) in [5.74, 6) is 6.85. The normalized spacial score (nSPS) is 14.6. The van der Waals surface area contributed by atoms with Gasteiger partial charge in [0.25, 0.3) is 0 Å². The van der Waals surface area contributed by atoms with Gasteiger partial charge in [0.15, 0.2) is 0 Å². The minimum absolute atomic E-state index is 1.02. The lowest BCUT2D eigenvalue weighted by Gasteiger charge is -2.15. The van der Waals surface area contributed by atoms with Crippen molar-refractivity contribution < 1.29 is 0 Å². The number of aryl methyl sites for hydroxylation is 1. The van der Waals surface area contributed by atoms with E-state index in [9.17, 15) is 0 Å². The summed E-state index contributed by atoms with van der Waals surface area (Å²) in [6, 6.07) is 10.7. The van der Waals surface area contributed by atoms with Crippen molar-refractivity contribution in [3.8, 4) is 11.8 Å². The zero-order valence-corrected chi connectivity index (χ0v) is 12.8. The van der Waals surface area contributed by atoms with Crippen molar-refractivity contribution in [3.63, 3.8) is 0 Å². The molecule has 2 rings (SSSR count). The molecule has 1 saturated carbocycles. The molecule has 0 heteroatoms. The lowest BCUT2D eigenvalue weighted by Crippen LogP contribution is -1.97. The van der Waals surface area contributed by atoms with E-state index in [-0.39, 0.29) is 0 Å². The van der Waals surface area contributed by atoms with Gasteiger partial charge in [0.05, 0.1) is 0 Å². The van der Waals surface area contributed by atoms with Gasteiger partial charge in [0, 0.05) is 12.0 Å². The molecule has 0 atom stereocenters. The van der Waals surface area contributed by atoms with Gasteiger partial charge in [-0.15, -0.1) is 0 Å². The summed E-state index contributed by atoms with van der Waals surface area (Å²) in [5.41, 5.74) is 4.51. The Morgan fingerprint density at radius 2 is 1.80 bits per heavy atom. The van der Waals surface area contributed by atoms with Gasteiger partial charge in [-0.3, -0.25) is 0 Å². The van der Waals surface area contributed by atoms with Crippen molar-refractivity contribution in [3.05, 3.63) is 47.0 Å². The second-order valence-electron chi connectivity index (χ2n) is 5.64. The molecule has 0 spiro atoms. The number of unbranched alkanes of at least 4 members (excludes halogenated alkanes) is 1. The zero-order chi connectivity index (χ0) is 14.0. The summed E-state index contributed by atoms with van der Waals surface area (Å²) in [4.78, 5) is 0. The monoisotopic (exact) mass is 266 g/mol. The van der Waals surface area contributed by atoms with Gasteiger partial charge >= 0.3 is 0 Å². The first-order valence-electron chi connectivity index (χ1n) is 8.14. The summed E-state index contributed by atoms with van der Waals surface area (Å²) in [6.45, 7) is 2.25. The van der Waals surface area contributed by atoms with E-state index in [4.69, 9.17) is 0 Å². The quantitative estimate of drug-likeness (QED) is 0.485. The largest absolute Gasteiger partial charge is 0.0982 e. The molecule has 0 saturated heterocycles. The molecule has 1 aliphatic carbocycles. The molecule has 0 radical (unpaired) electrons. The minimum atomic E-state index is 1.02. The SMILES string of the molecule is CCC(C#CCCCc1ccccc1)=C1CCCCC1. The van der Waals surface area contributed by atoms with Crippen molar-refractivity contribution in [2.24, 2.45) is 0 Å². The van der Waals surface area contributed by atoms with Crippen LogP contribution in [0.15, 0.2) is 41.5 Å². The summed E-state index contributed by atoms with van der Waals surface area (Å²) >= 11 is 0. The minimum Gasteiger partial charge on any atom is -0.0982 e. The van der Waals surface area contributed by atoms with Gasteiger partial charge in [-0.1, -0.05) is 61.1 Å². The van der Waals surface area contributed by atoms with Crippen molar-refractivity contribution in [1.82, 2.24) is 0 Å². The lowest BCUT2D eigenvalue weighted by molar-refractivity contribution is 0.593. The van der Waals surface area contributed by atoms with E-state index >= 15 is 0 Å². The van der Waals surface area contributed by atoms with Crippen LogP contribution in [0.5, 0.6) is 0 Å². The highest BCUT2D eigenvalue weighted by Crippen LogP contribution is 2.26. The molecular formula is C20H26. The van der Waals surface area contributed by atoms with E-state index in [2.05, 4.69) is 49.1 Å². The number of allylic oxidation sites excluding steroid dienone is 2. The van der Waals surface area contributed by atoms with Gasteiger partial charge in [0.2, 0.25) is 0 Å². The summed E-state index contributed by atoms with van der Waals surface area (Å²) in [5, 5.41) is 0. The van der Waals surface area contributed by atoms with Gasteiger partial charge in [0.1, 0.15) is 0 Å². The van der Waals surface area contributed by atoms with Crippen LogP contribution in [0.3, 0.4) is 0 Å². The average Bonchev–Trinajstić information content (AvgIpc) is 2.53. The molecule has 0 unspecified atom stereocenters. The maximum absolute atomic E-state index is 3.46. The lowest BCUT2D eigenvalue weighted by atomic mass is 9.90. The van der Waals surface area contributed by atoms with Crippen LogP contribution >= 0.6 is 0 Å². The Balaban J connectivity index is 1.80. The number of benzene rings is 1. The van der Waals surface area contributed by atoms with E-state index < -0.39 is 0 Å². The van der Waals surface area contributed by atoms with Gasteiger partial charge < -0.3 is 0 Å². The molecule has 0 amide bonds. The molecule has 20 heavy (non-hydrogen) atoms. The second-order valence-corrected chi connectivity index (χ2v) is 5.64. The third kappa shape index (κ3) is 4.89. The predicted octanol–water partition coefficient (Wildman–Crippen LogP) is 5.68. The van der Waals surface area contributed by atoms with Crippen LogP contribution in [0.25, 0.3) is 0 Å². The van der Waals surface area contributed by atoms with Crippen LogP contribution in [-0.4, -0.2) is 0 Å². The fourth-order valence-electron chi connectivity index (χ4n) is 2.90. The number of hydrogen-bond acceptors (Lipinski definition) is 0. The smallest absolute Gasteiger partial charge is 0.00955 e. The van der Waals surface area contributed by atoms with E-state index in [0.717, 1.165) is 19.3 Å². The standard InChI is InChI=1S/C20H26/c1-2-19(20-16-10-5-11-17-20)15-9-4-8-14-18-12-6-3-7-13-18/h3,6-7,12-13H,2,4-5,8,10-11,14,16-17H2,1H3. The van der Waals surface area contributed by atoms with Crippen LogP contribution in [0.2, 0.25) is 0 Å². The molecule has 0 heterocycles. The maximum Gasteiger partial charge on any atom is 0.00955 e. The molecular weight excluding hydrogens is 240 g/mol. The molecule has 1 aliphatic rings. The van der Waals surface area contributed by atoms with Crippen LogP contribution in [0.1, 0.15) is 63.9 Å². The Hall–Kier alpha value is -1.48. The second kappa shape index (κ2) is 8.64. The molecule has 0 N–H and O–H groups in total. The molecule has 1 aromatic carbocycles. The number of hydrogen-bond donors (Lipinski definition) is 0. The Morgan fingerprint density at radius 3 is 2.50 bits per heavy atom. The maximum atomic E-state index is 3.46. The molecule has 0 nitrogen and oxygen atoms in total. The van der Waals surface area contributed by atoms with Gasteiger partial charge in [-0.05, 0) is 50.5 Å². The fourth-order valence-corrected chi connectivity index (χ4v) is 2.90. The first-order valence-corrected chi connectivity index (χ1v) is 8.14. The summed E-state index contributed by atoms with van der Waals surface area (Å²) < 4.78 is 0. The van der Waals surface area contributed by atoms with Crippen LogP contribution in [-0.2, 0) is 6.42 Å².